The van der Waals surface area contributed by atoms with Crippen LogP contribution in [0.25, 0.3) is 0 Å². The minimum Gasteiger partial charge on any atom is -0.329 e. The second kappa shape index (κ2) is 5.54. The van der Waals surface area contributed by atoms with Crippen molar-refractivity contribution in [1.82, 2.24) is 15.0 Å². The van der Waals surface area contributed by atoms with Gasteiger partial charge in [0.1, 0.15) is 0 Å². The smallest absolute Gasteiger partial charge is 0.214 e. The number of hydrogen-bond donors (Lipinski definition) is 1. The molecule has 0 bridgehead atoms. The highest BCUT2D eigenvalue weighted by Crippen LogP contribution is 2.22. The standard InChI is InChI=1S/C15H20N4O/c1-15(2,3)12-6-4-11(5-7-12)14(20)13-10-19(9-8-16)18-17-13/h4-7,10H,8-9,16H2,1-3H3. The van der Waals surface area contributed by atoms with Gasteiger partial charge in [-0.15, -0.1) is 5.10 Å². The zero-order valence-corrected chi connectivity index (χ0v) is 12.1. The molecule has 0 radical (unpaired) electrons. The molecule has 5 nitrogen and oxygen atoms in total. The lowest BCUT2D eigenvalue weighted by Gasteiger charge is -2.18. The first-order chi connectivity index (χ1) is 9.41. The average Bonchev–Trinajstić information content (AvgIpc) is 2.86. The maximum Gasteiger partial charge on any atom is 0.214 e. The molecule has 0 aliphatic rings. The molecule has 0 saturated carbocycles. The Balaban J connectivity index is 2.20. The molecular weight excluding hydrogens is 252 g/mol. The highest BCUT2D eigenvalue weighted by molar-refractivity contribution is 6.07. The summed E-state index contributed by atoms with van der Waals surface area (Å²) in [7, 11) is 0. The van der Waals surface area contributed by atoms with Crippen molar-refractivity contribution in [3.63, 3.8) is 0 Å². The van der Waals surface area contributed by atoms with Crippen molar-refractivity contribution in [2.24, 2.45) is 5.73 Å². The van der Waals surface area contributed by atoms with Crippen molar-refractivity contribution in [2.45, 2.75) is 32.7 Å². The van der Waals surface area contributed by atoms with Crippen LogP contribution in [0.5, 0.6) is 0 Å². The molecule has 0 spiro atoms. The molecule has 5 heteroatoms. The Morgan fingerprint density at radius 2 is 1.90 bits per heavy atom. The Bertz CT molecular complexity index is 593. The highest BCUT2D eigenvalue weighted by atomic mass is 16.1. The predicted molar refractivity (Wildman–Crippen MR) is 77.7 cm³/mol. The minimum atomic E-state index is -0.117. The molecule has 0 aliphatic heterocycles. The number of benzene rings is 1. The third-order valence-electron chi connectivity index (χ3n) is 3.14. The Hall–Kier alpha value is -2.01. The Morgan fingerprint density at radius 3 is 2.45 bits per heavy atom. The van der Waals surface area contributed by atoms with E-state index in [4.69, 9.17) is 5.73 Å². The molecule has 0 atom stereocenters. The van der Waals surface area contributed by atoms with E-state index in [1.54, 1.807) is 10.9 Å². The molecule has 2 rings (SSSR count). The van der Waals surface area contributed by atoms with Crippen LogP contribution in [0.15, 0.2) is 30.5 Å². The van der Waals surface area contributed by atoms with Crippen LogP contribution in [-0.2, 0) is 12.0 Å². The number of rotatable bonds is 4. The molecule has 0 unspecified atom stereocenters. The first-order valence-electron chi connectivity index (χ1n) is 6.67. The molecule has 1 heterocycles. The summed E-state index contributed by atoms with van der Waals surface area (Å²) in [6.45, 7) is 7.45. The average molecular weight is 272 g/mol. The number of carbonyl (C=O) groups is 1. The first-order valence-corrected chi connectivity index (χ1v) is 6.67. The second-order valence-corrected chi connectivity index (χ2v) is 5.81. The fourth-order valence-electron chi connectivity index (χ4n) is 1.91. The van der Waals surface area contributed by atoms with Gasteiger partial charge < -0.3 is 5.73 Å². The Morgan fingerprint density at radius 1 is 1.25 bits per heavy atom. The van der Waals surface area contributed by atoms with Crippen LogP contribution in [0.3, 0.4) is 0 Å². The van der Waals surface area contributed by atoms with Crippen LogP contribution < -0.4 is 5.73 Å². The molecule has 0 amide bonds. The fourth-order valence-corrected chi connectivity index (χ4v) is 1.91. The quantitative estimate of drug-likeness (QED) is 0.861. The van der Waals surface area contributed by atoms with E-state index in [-0.39, 0.29) is 11.2 Å². The summed E-state index contributed by atoms with van der Waals surface area (Å²) >= 11 is 0. The minimum absolute atomic E-state index is 0.0752. The normalized spacial score (nSPS) is 11.6. The Kier molecular flexibility index (Phi) is 3.99. The van der Waals surface area contributed by atoms with Crippen molar-refractivity contribution >= 4 is 5.78 Å². The van der Waals surface area contributed by atoms with Gasteiger partial charge in [0.05, 0.1) is 12.7 Å². The van der Waals surface area contributed by atoms with Crippen LogP contribution in [0.4, 0.5) is 0 Å². The zero-order valence-electron chi connectivity index (χ0n) is 12.1. The number of ketones is 1. The van der Waals surface area contributed by atoms with E-state index >= 15 is 0 Å². The molecule has 1 aromatic carbocycles. The number of nitrogens with zero attached hydrogens (tertiary/aromatic N) is 3. The third kappa shape index (κ3) is 3.11. The summed E-state index contributed by atoms with van der Waals surface area (Å²) in [4.78, 5) is 12.3. The predicted octanol–water partition coefficient (Wildman–Crippen LogP) is 1.77. The lowest BCUT2D eigenvalue weighted by atomic mass is 9.86. The van der Waals surface area contributed by atoms with Crippen LogP contribution >= 0.6 is 0 Å². The maximum absolute atomic E-state index is 12.3. The Labute approximate surface area is 118 Å². The lowest BCUT2D eigenvalue weighted by molar-refractivity contribution is 0.103. The molecule has 2 aromatic rings. The van der Waals surface area contributed by atoms with Crippen LogP contribution in [0.1, 0.15) is 42.4 Å². The molecule has 0 saturated heterocycles. The van der Waals surface area contributed by atoms with Gasteiger partial charge in [0, 0.05) is 12.1 Å². The molecule has 20 heavy (non-hydrogen) atoms. The number of hydrogen-bond acceptors (Lipinski definition) is 4. The third-order valence-corrected chi connectivity index (χ3v) is 3.14. The summed E-state index contributed by atoms with van der Waals surface area (Å²) in [5.74, 6) is -0.117. The molecule has 0 fully saturated rings. The van der Waals surface area contributed by atoms with Crippen LogP contribution in [0, 0.1) is 0 Å². The van der Waals surface area contributed by atoms with E-state index in [1.165, 1.54) is 5.56 Å². The van der Waals surface area contributed by atoms with E-state index < -0.39 is 0 Å². The maximum atomic E-state index is 12.3. The van der Waals surface area contributed by atoms with Crippen molar-refractivity contribution < 1.29 is 4.79 Å². The largest absolute Gasteiger partial charge is 0.329 e. The topological polar surface area (TPSA) is 73.8 Å². The van der Waals surface area contributed by atoms with E-state index in [1.807, 2.05) is 24.3 Å². The van der Waals surface area contributed by atoms with E-state index in [0.29, 0.717) is 24.3 Å². The fraction of sp³-hybridized carbons (Fsp3) is 0.400. The van der Waals surface area contributed by atoms with Crippen molar-refractivity contribution in [3.05, 3.63) is 47.3 Å². The van der Waals surface area contributed by atoms with Gasteiger partial charge in [0.2, 0.25) is 5.78 Å². The van der Waals surface area contributed by atoms with Crippen molar-refractivity contribution in [3.8, 4) is 0 Å². The van der Waals surface area contributed by atoms with E-state index in [2.05, 4.69) is 31.1 Å². The molecule has 2 N–H and O–H groups in total. The second-order valence-electron chi connectivity index (χ2n) is 5.81. The van der Waals surface area contributed by atoms with Gasteiger partial charge in [-0.05, 0) is 11.0 Å². The number of nitrogens with two attached hydrogens (primary N) is 1. The van der Waals surface area contributed by atoms with E-state index in [9.17, 15) is 4.79 Å². The van der Waals surface area contributed by atoms with Crippen LogP contribution in [-0.4, -0.2) is 27.3 Å². The molecular formula is C15H20N4O. The zero-order chi connectivity index (χ0) is 14.8. The van der Waals surface area contributed by atoms with Gasteiger partial charge in [-0.1, -0.05) is 50.3 Å². The monoisotopic (exact) mass is 272 g/mol. The number of aromatic nitrogens is 3. The molecule has 1 aromatic heterocycles. The highest BCUT2D eigenvalue weighted by Gasteiger charge is 2.16. The van der Waals surface area contributed by atoms with Gasteiger partial charge in [0.15, 0.2) is 5.69 Å². The molecule has 106 valence electrons. The van der Waals surface area contributed by atoms with Gasteiger partial charge in [-0.3, -0.25) is 9.48 Å². The first kappa shape index (κ1) is 14.4. The van der Waals surface area contributed by atoms with Crippen molar-refractivity contribution in [1.29, 1.82) is 0 Å². The van der Waals surface area contributed by atoms with Crippen LogP contribution in [0.2, 0.25) is 0 Å². The SMILES string of the molecule is CC(C)(C)c1ccc(C(=O)c2cn(CCN)nn2)cc1. The van der Waals surface area contributed by atoms with Gasteiger partial charge >= 0.3 is 0 Å². The van der Waals surface area contributed by atoms with Gasteiger partial charge in [-0.25, -0.2) is 0 Å². The molecule has 0 aliphatic carbocycles. The van der Waals surface area contributed by atoms with Gasteiger partial charge in [0.25, 0.3) is 0 Å². The van der Waals surface area contributed by atoms with Crippen molar-refractivity contribution in [2.75, 3.05) is 6.54 Å². The number of carbonyl (C=O) groups excluding carboxylic acids is 1. The van der Waals surface area contributed by atoms with Gasteiger partial charge in [-0.2, -0.15) is 0 Å². The lowest BCUT2D eigenvalue weighted by Crippen LogP contribution is -2.11. The summed E-state index contributed by atoms with van der Waals surface area (Å²) < 4.78 is 1.58. The summed E-state index contributed by atoms with van der Waals surface area (Å²) in [6, 6.07) is 7.64. The summed E-state index contributed by atoms with van der Waals surface area (Å²) in [6.07, 6.45) is 1.63. The summed E-state index contributed by atoms with van der Waals surface area (Å²) in [5, 5.41) is 7.77. The summed E-state index contributed by atoms with van der Waals surface area (Å²) in [5.41, 5.74) is 7.68. The van der Waals surface area contributed by atoms with E-state index in [0.717, 1.165) is 0 Å².